The number of hydrogen-bond acceptors (Lipinski definition) is 4. The zero-order chi connectivity index (χ0) is 10.3. The molecule has 2 N–H and O–H groups in total. The zero-order valence-electron chi connectivity index (χ0n) is 8.06. The molecule has 1 atom stereocenters. The largest absolute Gasteiger partial charge is 0.462 e. The Balaban J connectivity index is 4.24. The molecule has 0 saturated heterocycles. The first-order valence-electron chi connectivity index (χ1n) is 3.97. The van der Waals surface area contributed by atoms with Crippen LogP contribution in [0.15, 0.2) is 0 Å². The van der Waals surface area contributed by atoms with Gasteiger partial charge in [0, 0.05) is 11.3 Å². The van der Waals surface area contributed by atoms with Crippen molar-refractivity contribution in [3.63, 3.8) is 0 Å². The Morgan fingerprint density at radius 1 is 1.62 bits per heavy atom. The molecule has 0 spiro atoms. The fourth-order valence-electron chi connectivity index (χ4n) is 0.607. The van der Waals surface area contributed by atoms with Crippen LogP contribution in [0.3, 0.4) is 0 Å². The summed E-state index contributed by atoms with van der Waals surface area (Å²) in [7, 11) is -1.94. The lowest BCUT2D eigenvalue weighted by Gasteiger charge is -2.13. The third kappa shape index (κ3) is 5.63. The molecular formula is C6H16N2O4P+. The van der Waals surface area contributed by atoms with Crippen LogP contribution in [0.5, 0.6) is 0 Å². The Morgan fingerprint density at radius 3 is 2.62 bits per heavy atom. The molecule has 6 nitrogen and oxygen atoms in total. The third-order valence-corrected chi connectivity index (χ3v) is 2.66. The van der Waals surface area contributed by atoms with Gasteiger partial charge in [0.25, 0.3) is 0 Å². The predicted molar refractivity (Wildman–Crippen MR) is 48.0 cm³/mol. The van der Waals surface area contributed by atoms with Gasteiger partial charge in [-0.1, -0.05) is 6.92 Å². The van der Waals surface area contributed by atoms with Crippen molar-refractivity contribution in [1.82, 2.24) is 5.09 Å². The molecule has 0 saturated carbocycles. The van der Waals surface area contributed by atoms with Crippen molar-refractivity contribution in [2.45, 2.75) is 13.8 Å². The number of hydroxylamine groups is 1. The fourth-order valence-corrected chi connectivity index (χ4v) is 1.82. The average molecular weight is 211 g/mol. The molecule has 0 aromatic rings. The van der Waals surface area contributed by atoms with Gasteiger partial charge in [-0.15, -0.1) is 0 Å². The van der Waals surface area contributed by atoms with E-state index in [1.54, 1.807) is 13.8 Å². The first-order valence-corrected chi connectivity index (χ1v) is 5.51. The Bertz CT molecular complexity index is 205. The van der Waals surface area contributed by atoms with E-state index < -0.39 is 7.75 Å². The van der Waals surface area contributed by atoms with Gasteiger partial charge >= 0.3 is 14.1 Å². The van der Waals surface area contributed by atoms with E-state index in [0.29, 0.717) is 11.3 Å². The van der Waals surface area contributed by atoms with Crippen LogP contribution in [0.4, 0.5) is 0 Å². The number of nitrogens with zero attached hydrogens (tertiary/aromatic N) is 1. The van der Waals surface area contributed by atoms with Crippen molar-refractivity contribution < 1.29 is 23.6 Å². The van der Waals surface area contributed by atoms with Gasteiger partial charge in [0.1, 0.15) is 0 Å². The molecule has 0 aliphatic heterocycles. The van der Waals surface area contributed by atoms with Crippen molar-refractivity contribution in [2.24, 2.45) is 0 Å². The molecule has 0 heterocycles. The molecule has 0 bridgehead atoms. The minimum Gasteiger partial charge on any atom is -0.360 e. The van der Waals surface area contributed by atoms with Gasteiger partial charge in [0.15, 0.2) is 7.05 Å². The van der Waals surface area contributed by atoms with Crippen molar-refractivity contribution >= 4 is 14.1 Å². The summed E-state index contributed by atoms with van der Waals surface area (Å²) in [5.74, 6) is 0. The van der Waals surface area contributed by atoms with E-state index in [4.69, 9.17) is 14.3 Å². The molecule has 0 fully saturated rings. The molecule has 78 valence electrons. The van der Waals surface area contributed by atoms with Gasteiger partial charge in [-0.05, 0) is 6.92 Å². The van der Waals surface area contributed by atoms with E-state index in [9.17, 15) is 4.57 Å². The third-order valence-electron chi connectivity index (χ3n) is 0.989. The summed E-state index contributed by atoms with van der Waals surface area (Å²) in [6.45, 7) is 4.21. The summed E-state index contributed by atoms with van der Waals surface area (Å²) in [4.78, 5) is 0. The normalized spacial score (nSPS) is 16.7. The smallest absolute Gasteiger partial charge is 0.360 e. The molecule has 7 heteroatoms. The Kier molecular flexibility index (Phi) is 5.70. The molecule has 0 aliphatic carbocycles. The molecular weight excluding hydrogens is 195 g/mol. The molecule has 13 heavy (non-hydrogen) atoms. The van der Waals surface area contributed by atoms with Crippen molar-refractivity contribution in [2.75, 3.05) is 20.2 Å². The zero-order valence-corrected chi connectivity index (χ0v) is 8.95. The predicted octanol–water partition coefficient (Wildman–Crippen LogP) is 0.817. The highest BCUT2D eigenvalue weighted by atomic mass is 31.2. The summed E-state index contributed by atoms with van der Waals surface area (Å²) >= 11 is 0. The lowest BCUT2D eigenvalue weighted by Crippen LogP contribution is -2.15. The van der Waals surface area contributed by atoms with E-state index in [1.807, 2.05) is 0 Å². The topological polar surface area (TPSA) is 70.8 Å². The van der Waals surface area contributed by atoms with Crippen LogP contribution in [0.2, 0.25) is 0 Å². The maximum absolute atomic E-state index is 11.6. The van der Waals surface area contributed by atoms with Crippen LogP contribution in [0.25, 0.3) is 0 Å². The monoisotopic (exact) mass is 211 g/mol. The van der Waals surface area contributed by atoms with Crippen LogP contribution in [0.1, 0.15) is 13.8 Å². The molecule has 0 aromatic carbocycles. The van der Waals surface area contributed by atoms with Crippen LogP contribution < -0.4 is 5.09 Å². The summed E-state index contributed by atoms with van der Waals surface area (Å²) in [6.07, 6.45) is 0.916. The van der Waals surface area contributed by atoms with Gasteiger partial charge < -0.3 is 4.52 Å². The van der Waals surface area contributed by atoms with Crippen molar-refractivity contribution in [3.8, 4) is 0 Å². The number of rotatable bonds is 6. The summed E-state index contributed by atoms with van der Waals surface area (Å²) in [5.41, 5.74) is 0. The van der Waals surface area contributed by atoms with Crippen molar-refractivity contribution in [3.05, 3.63) is 0 Å². The quantitative estimate of drug-likeness (QED) is 0.170. The number of nitrogens with one attached hydrogen (secondary N) is 1. The van der Waals surface area contributed by atoms with E-state index in [2.05, 4.69) is 5.09 Å². The molecule has 0 aromatic heterocycles. The SMILES string of the molecule is CCNP(=O)(OC=[N+](C)O)OCC. The maximum atomic E-state index is 11.6. The second-order valence-corrected chi connectivity index (χ2v) is 3.99. The second kappa shape index (κ2) is 5.96. The molecule has 0 aliphatic rings. The second-order valence-electron chi connectivity index (χ2n) is 2.21. The highest BCUT2D eigenvalue weighted by Gasteiger charge is 2.24. The highest BCUT2D eigenvalue weighted by molar-refractivity contribution is 7.52. The Morgan fingerprint density at radius 2 is 2.23 bits per heavy atom. The lowest BCUT2D eigenvalue weighted by molar-refractivity contribution is -0.754. The minimum absolute atomic E-state index is 0.271. The average Bonchev–Trinajstić information content (AvgIpc) is 2.02. The molecule has 0 radical (unpaired) electrons. The van der Waals surface area contributed by atoms with Gasteiger partial charge in [-0.25, -0.2) is 9.65 Å². The first kappa shape index (κ1) is 12.4. The Labute approximate surface area is 77.7 Å². The maximum Gasteiger partial charge on any atom is 0.462 e. The van der Waals surface area contributed by atoms with Crippen LogP contribution in [-0.4, -0.2) is 36.5 Å². The van der Waals surface area contributed by atoms with Gasteiger partial charge in [-0.2, -0.15) is 0 Å². The van der Waals surface area contributed by atoms with E-state index in [1.165, 1.54) is 7.05 Å². The first-order chi connectivity index (χ1) is 6.04. The van der Waals surface area contributed by atoms with Crippen molar-refractivity contribution in [1.29, 1.82) is 0 Å². The van der Waals surface area contributed by atoms with E-state index >= 15 is 0 Å². The van der Waals surface area contributed by atoms with Crippen LogP contribution >= 0.6 is 7.75 Å². The highest BCUT2D eigenvalue weighted by Crippen LogP contribution is 2.42. The van der Waals surface area contributed by atoms with Crippen LogP contribution in [-0.2, 0) is 13.6 Å². The fraction of sp³-hybridized carbons (Fsp3) is 0.833. The summed E-state index contributed by atoms with van der Waals surface area (Å²) in [6, 6.07) is 0. The Hall–Kier alpha value is -0.580. The lowest BCUT2D eigenvalue weighted by atomic mass is 10.8. The molecule has 0 rings (SSSR count). The number of hydrogen-bond donors (Lipinski definition) is 2. The molecule has 1 unspecified atom stereocenters. The minimum atomic E-state index is -3.28. The molecule has 0 amide bonds. The summed E-state index contributed by atoms with van der Waals surface area (Å²) in [5, 5.41) is 11.3. The van der Waals surface area contributed by atoms with Gasteiger partial charge in [-0.3, -0.25) is 9.73 Å². The standard InChI is InChI=1S/C6H16N2O4P/c1-4-7-13(10,11-5-2)12-6-8(3)9/h6,9H,4-5H2,1-3H3,(H,7,10)/q+1. The van der Waals surface area contributed by atoms with Crippen LogP contribution in [0, 0.1) is 0 Å². The van der Waals surface area contributed by atoms with E-state index in [-0.39, 0.29) is 6.61 Å². The summed E-state index contributed by atoms with van der Waals surface area (Å²) < 4.78 is 21.9. The van der Waals surface area contributed by atoms with Gasteiger partial charge in [0.05, 0.1) is 6.61 Å². The van der Waals surface area contributed by atoms with Gasteiger partial charge in [0.2, 0.25) is 0 Å². The van der Waals surface area contributed by atoms with E-state index in [0.717, 1.165) is 6.40 Å².